The Morgan fingerprint density at radius 1 is 1.19 bits per heavy atom. The molecular formula is C35H36Cl2F2N8O5S. The van der Waals surface area contributed by atoms with Crippen molar-refractivity contribution < 1.29 is 49.9 Å². The van der Waals surface area contributed by atoms with Gasteiger partial charge in [-0.25, -0.2) is 23.5 Å². The number of carbonyl (C=O) groups is 2. The van der Waals surface area contributed by atoms with Gasteiger partial charge in [0.05, 0.1) is 28.9 Å². The highest BCUT2D eigenvalue weighted by Gasteiger charge is 2.43. The molecule has 0 saturated heterocycles. The third-order valence-electron chi connectivity index (χ3n) is 8.18. The Bertz CT molecular complexity index is 2060. The van der Waals surface area contributed by atoms with Crippen molar-refractivity contribution in [3.63, 3.8) is 0 Å². The van der Waals surface area contributed by atoms with Crippen LogP contribution in [0.1, 0.15) is 47.7 Å². The molecule has 0 aliphatic carbocycles. The van der Waals surface area contributed by atoms with Crippen molar-refractivity contribution in [1.82, 2.24) is 25.1 Å². The summed E-state index contributed by atoms with van der Waals surface area (Å²) in [7, 11) is 3.08. The molecule has 0 radical (unpaired) electrons. The molecule has 280 valence electrons. The Hall–Kier alpha value is -5.05. The van der Waals surface area contributed by atoms with Crippen LogP contribution < -0.4 is 27.2 Å². The molecule has 18 heteroatoms. The van der Waals surface area contributed by atoms with Gasteiger partial charge in [-0.15, -0.1) is 28.4 Å². The number of nitrogens with one attached hydrogen (secondary N) is 1. The zero-order valence-corrected chi connectivity index (χ0v) is 31.3. The highest BCUT2D eigenvalue weighted by Crippen LogP contribution is 2.41. The number of nitrogens with zero attached hydrogens (tertiary/aromatic N) is 7. The van der Waals surface area contributed by atoms with Crippen LogP contribution in [-0.2, 0) is 33.0 Å². The molecule has 53 heavy (non-hydrogen) atoms. The van der Waals surface area contributed by atoms with Crippen molar-refractivity contribution in [3.8, 4) is 17.3 Å². The van der Waals surface area contributed by atoms with E-state index in [0.29, 0.717) is 21.8 Å². The van der Waals surface area contributed by atoms with Gasteiger partial charge in [-0.05, 0) is 43.4 Å². The molecular weight excluding hydrogens is 753 g/mol. The number of nitriles is 1. The molecule has 5 aromatic rings. The zero-order valence-electron chi connectivity index (χ0n) is 28.9. The summed E-state index contributed by atoms with van der Waals surface area (Å²) in [4.78, 5) is 35.1. The summed E-state index contributed by atoms with van der Waals surface area (Å²) in [5.41, 5.74) is 0.000750. The van der Waals surface area contributed by atoms with Gasteiger partial charge in [-0.1, -0.05) is 25.1 Å². The minimum atomic E-state index is -2.04. The van der Waals surface area contributed by atoms with Crippen LogP contribution in [-0.4, -0.2) is 57.6 Å². The Balaban J connectivity index is 0.00000378. The molecule has 0 fully saturated rings. The second-order valence-corrected chi connectivity index (χ2v) is 12.5. The van der Waals surface area contributed by atoms with Crippen molar-refractivity contribution >= 4 is 41.6 Å². The smallest absolute Gasteiger partial charge is 0.418 e. The van der Waals surface area contributed by atoms with E-state index in [-0.39, 0.29) is 55.9 Å². The molecule has 3 heterocycles. The molecule has 0 aliphatic rings. The fraction of sp³-hybridized carbons (Fsp3) is 0.286. The van der Waals surface area contributed by atoms with Crippen LogP contribution in [0.4, 0.5) is 19.4 Å². The van der Waals surface area contributed by atoms with E-state index in [1.54, 1.807) is 62.7 Å². The topological polar surface area (TPSA) is 159 Å². The summed E-state index contributed by atoms with van der Waals surface area (Å²) in [5.74, 6) is -2.64. The maximum atomic E-state index is 15.3. The third kappa shape index (κ3) is 9.89. The first kappa shape index (κ1) is 42.4. The lowest BCUT2D eigenvalue weighted by Gasteiger charge is -2.32. The van der Waals surface area contributed by atoms with Crippen LogP contribution in [0, 0.1) is 23.0 Å². The van der Waals surface area contributed by atoms with E-state index in [2.05, 4.69) is 21.5 Å². The lowest BCUT2D eigenvalue weighted by molar-refractivity contribution is -0.753. The zero-order chi connectivity index (χ0) is 36.7. The number of hydrogen-bond acceptors (Lipinski definition) is 11. The number of aromatic nitrogens is 5. The SMILES string of the molecule is CNCC(=O)OCc1cccnc1N(C)C(=O)OC(C)[n+]1cnn(C[C@](O)(c2cc(F)ccc2F)[C@@H](C)c2nc(-c3ccc(C#N)cc3)cs2)c1.Cl.[Cl-]. The summed E-state index contributed by atoms with van der Waals surface area (Å²) in [5, 5.41) is 30.6. The van der Waals surface area contributed by atoms with Crippen molar-refractivity contribution in [1.29, 1.82) is 5.26 Å². The van der Waals surface area contributed by atoms with Gasteiger partial charge in [0.25, 0.3) is 6.33 Å². The van der Waals surface area contributed by atoms with Crippen LogP contribution in [0.2, 0.25) is 0 Å². The molecule has 3 aromatic heterocycles. The molecule has 1 amide bonds. The van der Waals surface area contributed by atoms with Gasteiger partial charge in [0.2, 0.25) is 12.6 Å². The number of ether oxygens (including phenoxy) is 2. The fourth-order valence-corrected chi connectivity index (χ4v) is 6.22. The van der Waals surface area contributed by atoms with E-state index in [1.807, 2.05) is 0 Å². The number of anilines is 1. The van der Waals surface area contributed by atoms with E-state index in [1.165, 1.54) is 51.4 Å². The normalized spacial score (nSPS) is 12.9. The maximum absolute atomic E-state index is 15.3. The van der Waals surface area contributed by atoms with E-state index < -0.39 is 41.4 Å². The number of benzene rings is 2. The highest BCUT2D eigenvalue weighted by molar-refractivity contribution is 7.10. The number of pyridine rings is 1. The van der Waals surface area contributed by atoms with E-state index in [4.69, 9.17) is 19.7 Å². The van der Waals surface area contributed by atoms with Gasteiger partial charge in [0.1, 0.15) is 36.2 Å². The fourth-order valence-electron chi connectivity index (χ4n) is 5.25. The minimum absolute atomic E-state index is 0. The average molecular weight is 790 g/mol. The number of carbonyl (C=O) groups excluding carboxylic acids is 2. The lowest BCUT2D eigenvalue weighted by Crippen LogP contribution is -3.00. The number of halogens is 4. The van der Waals surface area contributed by atoms with E-state index >= 15 is 4.39 Å². The summed E-state index contributed by atoms with van der Waals surface area (Å²) >= 11 is 1.25. The number of likely N-dealkylation sites (N-methyl/N-ethyl adjacent to an activating group) is 1. The largest absolute Gasteiger partial charge is 1.00 e. The number of aliphatic hydroxyl groups is 1. The third-order valence-corrected chi connectivity index (χ3v) is 9.20. The predicted molar refractivity (Wildman–Crippen MR) is 188 cm³/mol. The Morgan fingerprint density at radius 3 is 2.62 bits per heavy atom. The number of hydrogen-bond donors (Lipinski definition) is 2. The van der Waals surface area contributed by atoms with Crippen LogP contribution in [0.3, 0.4) is 0 Å². The minimum Gasteiger partial charge on any atom is -1.00 e. The molecule has 2 aromatic carbocycles. The number of thiazole rings is 1. The van der Waals surface area contributed by atoms with Crippen LogP contribution >= 0.6 is 23.7 Å². The summed E-state index contributed by atoms with van der Waals surface area (Å²) in [6.07, 6.45) is 2.65. The molecule has 5 rings (SSSR count). The van der Waals surface area contributed by atoms with Crippen molar-refractivity contribution in [3.05, 3.63) is 112 Å². The van der Waals surface area contributed by atoms with Crippen LogP contribution in [0.25, 0.3) is 11.3 Å². The van der Waals surface area contributed by atoms with Gasteiger partial charge in [0.15, 0.2) is 0 Å². The van der Waals surface area contributed by atoms with Gasteiger partial charge in [-0.2, -0.15) is 9.83 Å². The van der Waals surface area contributed by atoms with E-state index in [9.17, 15) is 19.1 Å². The summed E-state index contributed by atoms with van der Waals surface area (Å²) < 4.78 is 43.5. The van der Waals surface area contributed by atoms with Crippen LogP contribution in [0.15, 0.2) is 78.8 Å². The second kappa shape index (κ2) is 18.6. The van der Waals surface area contributed by atoms with Crippen molar-refractivity contribution in [2.75, 3.05) is 25.5 Å². The van der Waals surface area contributed by atoms with Gasteiger partial charge < -0.3 is 32.3 Å². The summed E-state index contributed by atoms with van der Waals surface area (Å²) in [6, 6.07) is 15.1. The Morgan fingerprint density at radius 2 is 1.92 bits per heavy atom. The maximum Gasteiger partial charge on any atom is 0.418 e. The summed E-state index contributed by atoms with van der Waals surface area (Å²) in [6.45, 7) is 2.85. The first-order valence-electron chi connectivity index (χ1n) is 15.7. The van der Waals surface area contributed by atoms with Crippen molar-refractivity contribution in [2.24, 2.45) is 0 Å². The molecule has 13 nitrogen and oxygen atoms in total. The van der Waals surface area contributed by atoms with Gasteiger partial charge in [0, 0.05) is 53.3 Å². The molecule has 1 unspecified atom stereocenters. The average Bonchev–Trinajstić information content (AvgIpc) is 3.82. The van der Waals surface area contributed by atoms with Gasteiger partial charge >= 0.3 is 12.1 Å². The van der Waals surface area contributed by atoms with E-state index in [0.717, 1.165) is 23.8 Å². The number of amides is 1. The molecule has 2 N–H and O–H groups in total. The molecule has 0 aliphatic heterocycles. The van der Waals surface area contributed by atoms with Gasteiger partial charge in [-0.3, -0.25) is 9.69 Å². The molecule has 3 atom stereocenters. The predicted octanol–water partition coefficient (Wildman–Crippen LogP) is 2.01. The second-order valence-electron chi connectivity index (χ2n) is 11.6. The monoisotopic (exact) mass is 788 g/mol. The quantitative estimate of drug-likeness (QED) is 0.134. The number of rotatable bonds is 13. The van der Waals surface area contributed by atoms with Crippen LogP contribution in [0.5, 0.6) is 0 Å². The molecule has 0 bridgehead atoms. The Kier molecular flexibility index (Phi) is 14.9. The first-order valence-corrected chi connectivity index (χ1v) is 16.6. The standard InChI is InChI=1S/C35H35F2N8O5S.2ClH/c1-22(33-42-30(18-51-33)25-9-7-24(15-38)8-10-25)35(48,28-14-27(36)11-12-29(28)37)19-45-21-44(20-41-45)23(2)50-34(47)43(4)32-26(6-5-13-40-32)17-49-31(46)16-39-3;;/h5-14,18,20-23,39,48H,16-17,19H2,1-4H3;2*1H/q+1;;/p-1/t22-,23?,35+;;/m0../s1. The molecule has 0 spiro atoms. The molecule has 0 saturated carbocycles. The lowest BCUT2D eigenvalue weighted by atomic mass is 9.82. The van der Waals surface area contributed by atoms with Crippen molar-refractivity contribution in [2.45, 2.75) is 44.7 Å². The highest BCUT2D eigenvalue weighted by atomic mass is 35.5. The first-order chi connectivity index (χ1) is 24.4. The Labute approximate surface area is 320 Å². The number of esters is 1.